The molecule has 17 heavy (non-hydrogen) atoms. The molecular weight excluding hydrogens is 236 g/mol. The maximum atomic E-state index is 11.7. The SMILES string of the molecule is CC1CC(NCC(=O)Nc2ccccc2Cl)C1. The Morgan fingerprint density at radius 1 is 1.41 bits per heavy atom. The van der Waals surface area contributed by atoms with E-state index in [1.807, 2.05) is 12.1 Å². The van der Waals surface area contributed by atoms with Gasteiger partial charge in [-0.05, 0) is 30.9 Å². The Kier molecular flexibility index (Phi) is 4.02. The van der Waals surface area contributed by atoms with Crippen LogP contribution in [0, 0.1) is 5.92 Å². The average molecular weight is 253 g/mol. The Balaban J connectivity index is 1.76. The van der Waals surface area contributed by atoms with Crippen molar-refractivity contribution in [1.82, 2.24) is 5.32 Å². The highest BCUT2D eigenvalue weighted by Gasteiger charge is 2.24. The number of hydrogen-bond donors (Lipinski definition) is 2. The van der Waals surface area contributed by atoms with Crippen LogP contribution in [0.1, 0.15) is 19.8 Å². The number of halogens is 1. The van der Waals surface area contributed by atoms with Gasteiger partial charge in [-0.1, -0.05) is 30.7 Å². The van der Waals surface area contributed by atoms with Gasteiger partial charge in [0.15, 0.2) is 0 Å². The molecule has 2 rings (SSSR count). The van der Waals surface area contributed by atoms with E-state index in [0.29, 0.717) is 23.3 Å². The Bertz CT molecular complexity index is 402. The van der Waals surface area contributed by atoms with E-state index in [-0.39, 0.29) is 5.91 Å². The van der Waals surface area contributed by atoms with Crippen LogP contribution >= 0.6 is 11.6 Å². The van der Waals surface area contributed by atoms with Crippen LogP contribution in [-0.4, -0.2) is 18.5 Å². The molecule has 1 aliphatic rings. The Morgan fingerprint density at radius 2 is 2.12 bits per heavy atom. The lowest BCUT2D eigenvalue weighted by Crippen LogP contribution is -2.43. The van der Waals surface area contributed by atoms with Crippen molar-refractivity contribution in [3.63, 3.8) is 0 Å². The number of carbonyl (C=O) groups is 1. The molecule has 1 saturated carbocycles. The molecule has 4 heteroatoms. The van der Waals surface area contributed by atoms with Crippen molar-refractivity contribution in [2.24, 2.45) is 5.92 Å². The van der Waals surface area contributed by atoms with Crippen molar-refractivity contribution in [3.8, 4) is 0 Å². The van der Waals surface area contributed by atoms with Gasteiger partial charge in [0.05, 0.1) is 17.3 Å². The number of para-hydroxylation sites is 1. The molecule has 0 radical (unpaired) electrons. The number of benzene rings is 1. The number of rotatable bonds is 4. The van der Waals surface area contributed by atoms with Crippen molar-refractivity contribution in [1.29, 1.82) is 0 Å². The highest BCUT2D eigenvalue weighted by Crippen LogP contribution is 2.26. The van der Waals surface area contributed by atoms with Crippen molar-refractivity contribution >= 4 is 23.2 Å². The smallest absolute Gasteiger partial charge is 0.238 e. The first-order chi connectivity index (χ1) is 8.15. The van der Waals surface area contributed by atoms with E-state index in [1.54, 1.807) is 12.1 Å². The Labute approximate surface area is 107 Å². The summed E-state index contributed by atoms with van der Waals surface area (Å²) in [5.74, 6) is 0.747. The summed E-state index contributed by atoms with van der Waals surface area (Å²) >= 11 is 5.95. The quantitative estimate of drug-likeness (QED) is 0.865. The van der Waals surface area contributed by atoms with Crippen molar-refractivity contribution in [2.75, 3.05) is 11.9 Å². The molecule has 1 fully saturated rings. The van der Waals surface area contributed by atoms with Gasteiger partial charge in [-0.25, -0.2) is 0 Å². The van der Waals surface area contributed by atoms with Crippen LogP contribution in [0.5, 0.6) is 0 Å². The Morgan fingerprint density at radius 3 is 2.76 bits per heavy atom. The lowest BCUT2D eigenvalue weighted by Gasteiger charge is -2.33. The van der Waals surface area contributed by atoms with Crippen LogP contribution in [0.25, 0.3) is 0 Å². The normalized spacial score (nSPS) is 22.9. The predicted molar refractivity (Wildman–Crippen MR) is 70.3 cm³/mol. The second-order valence-corrected chi connectivity index (χ2v) is 5.09. The van der Waals surface area contributed by atoms with Gasteiger partial charge in [0.1, 0.15) is 0 Å². The first-order valence-corrected chi connectivity index (χ1v) is 6.30. The van der Waals surface area contributed by atoms with E-state index >= 15 is 0 Å². The first kappa shape index (κ1) is 12.4. The molecule has 1 aromatic carbocycles. The van der Waals surface area contributed by atoms with Gasteiger partial charge in [0.2, 0.25) is 5.91 Å². The lowest BCUT2D eigenvalue weighted by molar-refractivity contribution is -0.115. The molecule has 1 aromatic rings. The van der Waals surface area contributed by atoms with Crippen molar-refractivity contribution in [3.05, 3.63) is 29.3 Å². The average Bonchev–Trinajstić information content (AvgIpc) is 2.26. The van der Waals surface area contributed by atoms with Gasteiger partial charge in [0, 0.05) is 6.04 Å². The first-order valence-electron chi connectivity index (χ1n) is 5.93. The van der Waals surface area contributed by atoms with Crippen LogP contribution in [0.2, 0.25) is 5.02 Å². The molecule has 1 amide bonds. The molecule has 0 saturated heterocycles. The van der Waals surface area contributed by atoms with Gasteiger partial charge in [-0.15, -0.1) is 0 Å². The number of anilines is 1. The van der Waals surface area contributed by atoms with Crippen LogP contribution in [0.4, 0.5) is 5.69 Å². The molecule has 0 aromatic heterocycles. The fourth-order valence-corrected chi connectivity index (χ4v) is 2.25. The molecule has 2 N–H and O–H groups in total. The summed E-state index contributed by atoms with van der Waals surface area (Å²) in [5.41, 5.74) is 0.669. The van der Waals surface area contributed by atoms with Crippen LogP contribution in [0.15, 0.2) is 24.3 Å². The summed E-state index contributed by atoms with van der Waals surface area (Å²) < 4.78 is 0. The van der Waals surface area contributed by atoms with Crippen LogP contribution < -0.4 is 10.6 Å². The summed E-state index contributed by atoms with van der Waals surface area (Å²) in [4.78, 5) is 11.7. The van der Waals surface area contributed by atoms with E-state index in [0.717, 1.165) is 5.92 Å². The molecule has 0 atom stereocenters. The molecule has 0 spiro atoms. The predicted octanol–water partition coefficient (Wildman–Crippen LogP) is 2.67. The van der Waals surface area contributed by atoms with Gasteiger partial charge < -0.3 is 10.6 Å². The maximum absolute atomic E-state index is 11.7. The van der Waals surface area contributed by atoms with Crippen LogP contribution in [0.3, 0.4) is 0 Å². The fraction of sp³-hybridized carbons (Fsp3) is 0.462. The van der Waals surface area contributed by atoms with Crippen molar-refractivity contribution in [2.45, 2.75) is 25.8 Å². The third-order valence-corrected chi connectivity index (χ3v) is 3.40. The minimum absolute atomic E-state index is 0.0438. The monoisotopic (exact) mass is 252 g/mol. The molecule has 0 unspecified atom stereocenters. The summed E-state index contributed by atoms with van der Waals surface area (Å²) in [6, 6.07) is 7.75. The van der Waals surface area contributed by atoms with E-state index in [2.05, 4.69) is 17.6 Å². The second-order valence-electron chi connectivity index (χ2n) is 4.68. The number of amides is 1. The van der Waals surface area contributed by atoms with Gasteiger partial charge in [0.25, 0.3) is 0 Å². The number of carbonyl (C=O) groups excluding carboxylic acids is 1. The summed E-state index contributed by atoms with van der Waals surface area (Å²) in [6.45, 7) is 2.57. The van der Waals surface area contributed by atoms with E-state index in [1.165, 1.54) is 12.8 Å². The summed E-state index contributed by atoms with van der Waals surface area (Å²) in [6.07, 6.45) is 2.33. The van der Waals surface area contributed by atoms with Gasteiger partial charge in [-0.3, -0.25) is 4.79 Å². The van der Waals surface area contributed by atoms with Crippen LogP contribution in [-0.2, 0) is 4.79 Å². The minimum Gasteiger partial charge on any atom is -0.324 e. The number of nitrogens with one attached hydrogen (secondary N) is 2. The van der Waals surface area contributed by atoms with E-state index < -0.39 is 0 Å². The van der Waals surface area contributed by atoms with E-state index in [9.17, 15) is 4.79 Å². The zero-order valence-electron chi connectivity index (χ0n) is 9.87. The minimum atomic E-state index is -0.0438. The maximum Gasteiger partial charge on any atom is 0.238 e. The fourth-order valence-electron chi connectivity index (χ4n) is 2.06. The molecule has 0 aliphatic heterocycles. The largest absolute Gasteiger partial charge is 0.324 e. The number of hydrogen-bond acceptors (Lipinski definition) is 2. The third-order valence-electron chi connectivity index (χ3n) is 3.07. The van der Waals surface area contributed by atoms with E-state index in [4.69, 9.17) is 11.6 Å². The molecule has 0 bridgehead atoms. The topological polar surface area (TPSA) is 41.1 Å². The zero-order valence-corrected chi connectivity index (χ0v) is 10.6. The zero-order chi connectivity index (χ0) is 12.3. The Hall–Kier alpha value is -1.06. The molecule has 3 nitrogen and oxygen atoms in total. The second kappa shape index (κ2) is 5.52. The lowest BCUT2D eigenvalue weighted by atomic mass is 9.82. The third kappa shape index (κ3) is 3.45. The van der Waals surface area contributed by atoms with Gasteiger partial charge >= 0.3 is 0 Å². The highest BCUT2D eigenvalue weighted by atomic mass is 35.5. The molecule has 1 aliphatic carbocycles. The molecule has 92 valence electrons. The van der Waals surface area contributed by atoms with Gasteiger partial charge in [-0.2, -0.15) is 0 Å². The summed E-state index contributed by atoms with van der Waals surface area (Å²) in [7, 11) is 0. The standard InChI is InChI=1S/C13H17ClN2O/c1-9-6-10(7-9)15-8-13(17)16-12-5-3-2-4-11(12)14/h2-5,9-10,15H,6-8H2,1H3,(H,16,17). The highest BCUT2D eigenvalue weighted by molar-refractivity contribution is 6.33. The molecule has 0 heterocycles. The van der Waals surface area contributed by atoms with Crippen molar-refractivity contribution < 1.29 is 4.79 Å². The molecular formula is C13H17ClN2O. The summed E-state index contributed by atoms with van der Waals surface area (Å²) in [5, 5.41) is 6.59.